The summed E-state index contributed by atoms with van der Waals surface area (Å²) in [7, 11) is 0. The largest absolute Gasteiger partial charge is 0.493 e. The van der Waals surface area contributed by atoms with Gasteiger partial charge in [0.25, 0.3) is 0 Å². The van der Waals surface area contributed by atoms with Gasteiger partial charge in [-0.3, -0.25) is 9.59 Å². The summed E-state index contributed by atoms with van der Waals surface area (Å²) in [5, 5.41) is 3.10. The summed E-state index contributed by atoms with van der Waals surface area (Å²) in [5.41, 5.74) is 1.04. The number of halogens is 1. The number of ether oxygens (including phenoxy) is 1. The minimum absolute atomic E-state index is 0.00582. The first-order valence-electron chi connectivity index (χ1n) is 10.0. The molecule has 2 atom stereocenters. The van der Waals surface area contributed by atoms with E-state index < -0.39 is 0 Å². The lowest BCUT2D eigenvalue weighted by Crippen LogP contribution is -2.46. The molecule has 0 aromatic heterocycles. The number of hydrogen-bond donors (Lipinski definition) is 1. The molecule has 1 heterocycles. The summed E-state index contributed by atoms with van der Waals surface area (Å²) in [5.74, 6) is 0.633. The fourth-order valence-corrected chi connectivity index (χ4v) is 4.21. The summed E-state index contributed by atoms with van der Waals surface area (Å²) in [4.78, 5) is 27.1. The number of carbonyl (C=O) groups is 2. The van der Waals surface area contributed by atoms with Crippen molar-refractivity contribution in [3.8, 4) is 5.75 Å². The molecule has 0 saturated carbocycles. The molecule has 0 aliphatic carbocycles. The number of benzene rings is 2. The van der Waals surface area contributed by atoms with Crippen LogP contribution in [-0.4, -0.2) is 36.4 Å². The average Bonchev–Trinajstić information content (AvgIpc) is 2.74. The van der Waals surface area contributed by atoms with Gasteiger partial charge in [-0.15, -0.1) is 0 Å². The van der Waals surface area contributed by atoms with Crippen molar-refractivity contribution in [2.24, 2.45) is 5.92 Å². The first kappa shape index (κ1) is 21.4. The highest BCUT2D eigenvalue weighted by atomic mass is 79.9. The van der Waals surface area contributed by atoms with E-state index in [2.05, 4.69) is 21.2 Å². The van der Waals surface area contributed by atoms with Crippen LogP contribution in [0.5, 0.6) is 5.75 Å². The van der Waals surface area contributed by atoms with Crippen LogP contribution in [0.1, 0.15) is 37.8 Å². The fourth-order valence-electron chi connectivity index (χ4n) is 3.58. The Labute approximate surface area is 180 Å². The number of carbonyl (C=O) groups excluding carboxylic acids is 2. The van der Waals surface area contributed by atoms with E-state index in [1.165, 1.54) is 0 Å². The molecule has 154 valence electrons. The smallest absolute Gasteiger partial charge is 0.226 e. The standard InChI is InChI=1S/C23H27BrN2O3/c1-17(20-11-5-6-12-21(20)24)25-23(28)18-8-7-14-26(16-18)22(27)13-15-29-19-9-3-2-4-10-19/h2-6,9-12,17-18H,7-8,13-16H2,1H3,(H,25,28). The predicted octanol–water partition coefficient (Wildman–Crippen LogP) is 4.33. The van der Waals surface area contributed by atoms with Crippen molar-refractivity contribution < 1.29 is 14.3 Å². The number of hydrogen-bond acceptors (Lipinski definition) is 3. The van der Waals surface area contributed by atoms with Crippen molar-refractivity contribution in [3.63, 3.8) is 0 Å². The summed E-state index contributed by atoms with van der Waals surface area (Å²) in [6, 6.07) is 17.3. The lowest BCUT2D eigenvalue weighted by atomic mass is 9.96. The lowest BCUT2D eigenvalue weighted by molar-refractivity contribution is -0.136. The van der Waals surface area contributed by atoms with Crippen LogP contribution in [0.3, 0.4) is 0 Å². The van der Waals surface area contributed by atoms with Gasteiger partial charge in [-0.05, 0) is 43.5 Å². The van der Waals surface area contributed by atoms with Crippen LogP contribution >= 0.6 is 15.9 Å². The Bertz CT molecular complexity index is 828. The molecule has 3 rings (SSSR count). The van der Waals surface area contributed by atoms with Gasteiger partial charge in [0, 0.05) is 17.6 Å². The monoisotopic (exact) mass is 458 g/mol. The molecule has 1 aliphatic rings. The summed E-state index contributed by atoms with van der Waals surface area (Å²) >= 11 is 3.54. The van der Waals surface area contributed by atoms with Crippen LogP contribution in [0.15, 0.2) is 59.1 Å². The van der Waals surface area contributed by atoms with Crippen LogP contribution in [0.25, 0.3) is 0 Å². The van der Waals surface area contributed by atoms with Gasteiger partial charge >= 0.3 is 0 Å². The molecule has 2 amide bonds. The number of rotatable bonds is 7. The summed E-state index contributed by atoms with van der Waals surface area (Å²) in [6.07, 6.45) is 1.96. The zero-order chi connectivity index (χ0) is 20.6. The van der Waals surface area contributed by atoms with E-state index in [0.717, 1.165) is 28.6 Å². The predicted molar refractivity (Wildman–Crippen MR) is 117 cm³/mol. The maximum absolute atomic E-state index is 12.8. The Morgan fingerprint density at radius 2 is 1.90 bits per heavy atom. The van der Waals surface area contributed by atoms with E-state index in [0.29, 0.717) is 26.1 Å². The highest BCUT2D eigenvalue weighted by Crippen LogP contribution is 2.24. The third-order valence-corrected chi connectivity index (χ3v) is 5.93. The second-order valence-corrected chi connectivity index (χ2v) is 8.20. The number of para-hydroxylation sites is 1. The minimum Gasteiger partial charge on any atom is -0.493 e. The third-order valence-electron chi connectivity index (χ3n) is 5.20. The molecule has 0 radical (unpaired) electrons. The third kappa shape index (κ3) is 6.07. The molecule has 5 nitrogen and oxygen atoms in total. The van der Waals surface area contributed by atoms with E-state index in [1.807, 2.05) is 61.5 Å². The molecule has 0 bridgehead atoms. The molecule has 29 heavy (non-hydrogen) atoms. The van der Waals surface area contributed by atoms with Gasteiger partial charge in [-0.1, -0.05) is 52.3 Å². The van der Waals surface area contributed by atoms with Crippen LogP contribution in [0, 0.1) is 5.92 Å². The second-order valence-electron chi connectivity index (χ2n) is 7.34. The lowest BCUT2D eigenvalue weighted by Gasteiger charge is -2.33. The Kier molecular flexibility index (Phi) is 7.69. The Hall–Kier alpha value is -2.34. The normalized spacial score (nSPS) is 17.4. The molecule has 0 spiro atoms. The van der Waals surface area contributed by atoms with Gasteiger partial charge in [0.2, 0.25) is 11.8 Å². The van der Waals surface area contributed by atoms with Crippen molar-refractivity contribution in [2.75, 3.05) is 19.7 Å². The molecular weight excluding hydrogens is 432 g/mol. The average molecular weight is 459 g/mol. The number of nitrogens with zero attached hydrogens (tertiary/aromatic N) is 1. The topological polar surface area (TPSA) is 58.6 Å². The maximum Gasteiger partial charge on any atom is 0.226 e. The number of likely N-dealkylation sites (tertiary alicyclic amines) is 1. The zero-order valence-electron chi connectivity index (χ0n) is 16.6. The number of nitrogens with one attached hydrogen (secondary N) is 1. The van der Waals surface area contributed by atoms with Gasteiger partial charge in [0.05, 0.1) is 25.0 Å². The van der Waals surface area contributed by atoms with E-state index in [-0.39, 0.29) is 23.8 Å². The van der Waals surface area contributed by atoms with Crippen LogP contribution in [0.4, 0.5) is 0 Å². The quantitative estimate of drug-likeness (QED) is 0.671. The van der Waals surface area contributed by atoms with Gasteiger partial charge < -0.3 is 15.0 Å². The highest BCUT2D eigenvalue weighted by Gasteiger charge is 2.29. The number of amides is 2. The molecule has 2 aromatic carbocycles. The fraction of sp³-hybridized carbons (Fsp3) is 0.391. The van der Waals surface area contributed by atoms with E-state index in [4.69, 9.17) is 4.74 Å². The molecule has 6 heteroatoms. The second kappa shape index (κ2) is 10.4. The van der Waals surface area contributed by atoms with E-state index in [9.17, 15) is 9.59 Å². The number of piperidine rings is 1. The maximum atomic E-state index is 12.8. The van der Waals surface area contributed by atoms with Crippen LogP contribution in [0.2, 0.25) is 0 Å². The van der Waals surface area contributed by atoms with Gasteiger partial charge in [-0.25, -0.2) is 0 Å². The summed E-state index contributed by atoms with van der Waals surface area (Å²) in [6.45, 7) is 3.49. The Balaban J connectivity index is 1.48. The molecular formula is C23H27BrN2O3. The van der Waals surface area contributed by atoms with Crippen LogP contribution in [-0.2, 0) is 9.59 Å². The molecule has 1 saturated heterocycles. The SMILES string of the molecule is CC(NC(=O)C1CCCN(C(=O)CCOc2ccccc2)C1)c1ccccc1Br. The minimum atomic E-state index is -0.173. The van der Waals surface area contributed by atoms with Crippen molar-refractivity contribution in [1.29, 1.82) is 0 Å². The molecule has 2 aromatic rings. The molecule has 1 N–H and O–H groups in total. The van der Waals surface area contributed by atoms with Gasteiger partial charge in [0.15, 0.2) is 0 Å². The Morgan fingerprint density at radius 3 is 2.66 bits per heavy atom. The van der Waals surface area contributed by atoms with Crippen molar-refractivity contribution in [3.05, 3.63) is 64.6 Å². The van der Waals surface area contributed by atoms with Gasteiger partial charge in [-0.2, -0.15) is 0 Å². The highest BCUT2D eigenvalue weighted by molar-refractivity contribution is 9.10. The first-order valence-corrected chi connectivity index (χ1v) is 10.8. The van der Waals surface area contributed by atoms with E-state index in [1.54, 1.807) is 4.90 Å². The van der Waals surface area contributed by atoms with Crippen molar-refractivity contribution >= 4 is 27.7 Å². The van der Waals surface area contributed by atoms with Crippen molar-refractivity contribution in [1.82, 2.24) is 10.2 Å². The van der Waals surface area contributed by atoms with E-state index >= 15 is 0 Å². The molecule has 2 unspecified atom stereocenters. The molecule has 1 fully saturated rings. The first-order chi connectivity index (χ1) is 14.0. The van der Waals surface area contributed by atoms with Gasteiger partial charge in [0.1, 0.15) is 5.75 Å². The summed E-state index contributed by atoms with van der Waals surface area (Å²) < 4.78 is 6.60. The van der Waals surface area contributed by atoms with Crippen LogP contribution < -0.4 is 10.1 Å². The van der Waals surface area contributed by atoms with Crippen molar-refractivity contribution in [2.45, 2.75) is 32.2 Å². The molecule has 1 aliphatic heterocycles. The Morgan fingerprint density at radius 1 is 1.17 bits per heavy atom. The zero-order valence-corrected chi connectivity index (χ0v) is 18.2.